The molecule has 0 radical (unpaired) electrons. The van der Waals surface area contributed by atoms with Crippen LogP contribution in [0.1, 0.15) is 22.3 Å². The number of esters is 1. The quantitative estimate of drug-likeness (QED) is 0.428. The highest BCUT2D eigenvalue weighted by molar-refractivity contribution is 6.05. The maximum Gasteiger partial charge on any atom is 0.328 e. The summed E-state index contributed by atoms with van der Waals surface area (Å²) in [5.41, 5.74) is 4.57. The van der Waals surface area contributed by atoms with Crippen LogP contribution in [0.15, 0.2) is 109 Å². The van der Waals surface area contributed by atoms with E-state index in [1.807, 2.05) is 109 Å². The number of nitrogens with one attached hydrogen (secondary N) is 1. The van der Waals surface area contributed by atoms with Crippen molar-refractivity contribution in [1.82, 2.24) is 5.32 Å². The fourth-order valence-corrected chi connectivity index (χ4v) is 5.06. The smallest absolute Gasteiger partial charge is 0.328 e. The molecule has 168 valence electrons. The minimum absolute atomic E-state index is 0.248. The average molecular weight is 448 g/mol. The second-order valence-corrected chi connectivity index (χ2v) is 8.45. The first kappa shape index (κ1) is 21.7. The van der Waals surface area contributed by atoms with Crippen LogP contribution in [0.25, 0.3) is 11.1 Å². The maximum atomic E-state index is 14.4. The van der Waals surface area contributed by atoms with E-state index in [4.69, 9.17) is 4.74 Å². The summed E-state index contributed by atoms with van der Waals surface area (Å²) < 4.78 is 5.07. The van der Waals surface area contributed by atoms with Gasteiger partial charge in [-0.05, 0) is 33.4 Å². The number of ether oxygens (including phenoxy) is 1. The van der Waals surface area contributed by atoms with Gasteiger partial charge in [0.2, 0.25) is 5.91 Å². The van der Waals surface area contributed by atoms with E-state index >= 15 is 0 Å². The van der Waals surface area contributed by atoms with E-state index in [0.29, 0.717) is 6.42 Å². The van der Waals surface area contributed by atoms with Crippen molar-refractivity contribution in [3.63, 3.8) is 0 Å². The van der Waals surface area contributed by atoms with Crippen LogP contribution in [0.2, 0.25) is 0 Å². The third-order valence-electron chi connectivity index (χ3n) is 6.57. The van der Waals surface area contributed by atoms with Gasteiger partial charge in [-0.3, -0.25) is 4.79 Å². The zero-order chi connectivity index (χ0) is 23.5. The molecule has 34 heavy (non-hydrogen) atoms. The predicted molar refractivity (Wildman–Crippen MR) is 132 cm³/mol. The minimum Gasteiger partial charge on any atom is -0.467 e. The first-order chi connectivity index (χ1) is 16.7. The molecule has 1 amide bonds. The largest absolute Gasteiger partial charge is 0.467 e. The lowest BCUT2D eigenvalue weighted by Gasteiger charge is -2.33. The van der Waals surface area contributed by atoms with Crippen molar-refractivity contribution in [3.8, 4) is 11.1 Å². The number of fused-ring (bicyclic) bond motifs is 3. The lowest BCUT2D eigenvalue weighted by Crippen LogP contribution is -2.52. The van der Waals surface area contributed by atoms with Crippen molar-refractivity contribution in [2.75, 3.05) is 7.11 Å². The van der Waals surface area contributed by atoms with Gasteiger partial charge in [-0.1, -0.05) is 109 Å². The van der Waals surface area contributed by atoms with Gasteiger partial charge in [0.25, 0.3) is 0 Å². The van der Waals surface area contributed by atoms with Crippen molar-refractivity contribution in [1.29, 1.82) is 0 Å². The Bertz CT molecular complexity index is 1290. The SMILES string of the molecule is COC(=O)[C@@H](Cc1ccccc1)NC(=O)C1(c2ccccc2)c2ccccc2-c2ccccc21. The Morgan fingerprint density at radius 1 is 0.735 bits per heavy atom. The van der Waals surface area contributed by atoms with E-state index in [2.05, 4.69) is 5.32 Å². The van der Waals surface area contributed by atoms with Gasteiger partial charge in [-0.2, -0.15) is 0 Å². The molecule has 0 saturated carbocycles. The number of carbonyl (C=O) groups is 2. The van der Waals surface area contributed by atoms with E-state index < -0.39 is 17.4 Å². The highest BCUT2D eigenvalue weighted by atomic mass is 16.5. The van der Waals surface area contributed by atoms with Gasteiger partial charge in [0.1, 0.15) is 11.5 Å². The molecule has 1 atom stereocenters. The van der Waals surface area contributed by atoms with Crippen LogP contribution < -0.4 is 5.32 Å². The normalized spacial score (nSPS) is 13.9. The van der Waals surface area contributed by atoms with Crippen LogP contribution in [-0.4, -0.2) is 25.0 Å². The lowest BCUT2D eigenvalue weighted by atomic mass is 9.71. The van der Waals surface area contributed by atoms with Crippen LogP contribution in [0, 0.1) is 0 Å². The molecule has 0 fully saturated rings. The third-order valence-corrected chi connectivity index (χ3v) is 6.57. The molecule has 0 aromatic heterocycles. The molecule has 4 aromatic rings. The Hall–Kier alpha value is -4.18. The molecule has 4 nitrogen and oxygen atoms in total. The summed E-state index contributed by atoms with van der Waals surface area (Å²) in [6.45, 7) is 0. The number of hydrogen-bond donors (Lipinski definition) is 1. The predicted octanol–water partition coefficient (Wildman–Crippen LogP) is 4.90. The number of benzene rings is 4. The number of amides is 1. The Labute approximate surface area is 199 Å². The monoisotopic (exact) mass is 447 g/mol. The van der Waals surface area contributed by atoms with Gasteiger partial charge in [-0.15, -0.1) is 0 Å². The van der Waals surface area contributed by atoms with Crippen molar-refractivity contribution >= 4 is 11.9 Å². The fraction of sp³-hybridized carbons (Fsp3) is 0.133. The van der Waals surface area contributed by atoms with Gasteiger partial charge in [0, 0.05) is 6.42 Å². The lowest BCUT2D eigenvalue weighted by molar-refractivity contribution is -0.145. The molecule has 1 aliphatic rings. The van der Waals surface area contributed by atoms with Gasteiger partial charge in [0.15, 0.2) is 0 Å². The third kappa shape index (κ3) is 3.48. The Morgan fingerprint density at radius 2 is 1.24 bits per heavy atom. The second kappa shape index (κ2) is 8.99. The summed E-state index contributed by atoms with van der Waals surface area (Å²) in [4.78, 5) is 27.2. The summed E-state index contributed by atoms with van der Waals surface area (Å²) >= 11 is 0. The first-order valence-corrected chi connectivity index (χ1v) is 11.3. The van der Waals surface area contributed by atoms with E-state index in [1.165, 1.54) is 7.11 Å². The van der Waals surface area contributed by atoms with Crippen molar-refractivity contribution < 1.29 is 14.3 Å². The summed E-state index contributed by atoms with van der Waals surface area (Å²) in [5, 5.41) is 3.07. The Kier molecular flexibility index (Phi) is 5.72. The number of carbonyl (C=O) groups excluding carboxylic acids is 2. The molecule has 0 saturated heterocycles. The van der Waals surface area contributed by atoms with Crippen LogP contribution in [0.4, 0.5) is 0 Å². The van der Waals surface area contributed by atoms with Gasteiger partial charge >= 0.3 is 5.97 Å². The molecule has 0 spiro atoms. The summed E-state index contributed by atoms with van der Waals surface area (Å²) in [7, 11) is 1.35. The second-order valence-electron chi connectivity index (χ2n) is 8.45. The van der Waals surface area contributed by atoms with E-state index in [0.717, 1.165) is 33.4 Å². The molecule has 5 rings (SSSR count). The van der Waals surface area contributed by atoms with E-state index in [-0.39, 0.29) is 5.91 Å². The molecule has 0 bridgehead atoms. The average Bonchev–Trinajstić information content (AvgIpc) is 3.20. The molecular formula is C30H25NO3. The van der Waals surface area contributed by atoms with Crippen LogP contribution in [0.5, 0.6) is 0 Å². The van der Waals surface area contributed by atoms with Crippen molar-refractivity contribution in [3.05, 3.63) is 131 Å². The number of rotatable bonds is 6. The number of hydrogen-bond acceptors (Lipinski definition) is 3. The molecule has 4 heteroatoms. The zero-order valence-corrected chi connectivity index (χ0v) is 18.9. The van der Waals surface area contributed by atoms with Gasteiger partial charge in [-0.25, -0.2) is 4.79 Å². The first-order valence-electron chi connectivity index (χ1n) is 11.3. The molecule has 4 aromatic carbocycles. The summed E-state index contributed by atoms with van der Waals surface area (Å²) in [6.07, 6.45) is 0.341. The Balaban J connectivity index is 1.66. The highest BCUT2D eigenvalue weighted by Crippen LogP contribution is 2.52. The molecule has 1 aliphatic carbocycles. The molecule has 0 heterocycles. The Morgan fingerprint density at radius 3 is 1.79 bits per heavy atom. The summed E-state index contributed by atoms with van der Waals surface area (Å²) in [6, 6.07) is 34.6. The van der Waals surface area contributed by atoms with Crippen LogP contribution in [0.3, 0.4) is 0 Å². The van der Waals surface area contributed by atoms with Crippen molar-refractivity contribution in [2.45, 2.75) is 17.9 Å². The molecular weight excluding hydrogens is 422 g/mol. The maximum absolute atomic E-state index is 14.4. The van der Waals surface area contributed by atoms with Crippen molar-refractivity contribution in [2.24, 2.45) is 0 Å². The number of methoxy groups -OCH3 is 1. The van der Waals surface area contributed by atoms with Crippen LogP contribution in [-0.2, 0) is 26.2 Å². The minimum atomic E-state index is -1.09. The molecule has 0 unspecified atom stereocenters. The fourth-order valence-electron chi connectivity index (χ4n) is 5.06. The topological polar surface area (TPSA) is 55.4 Å². The van der Waals surface area contributed by atoms with E-state index in [9.17, 15) is 9.59 Å². The standard InChI is InChI=1S/C30H25NO3/c1-34-28(32)27(20-21-12-4-2-5-13-21)31-29(33)30(22-14-6-3-7-15-22)25-18-10-8-16-23(25)24-17-9-11-19-26(24)30/h2-19,27H,20H2,1H3,(H,31,33)/t27-/m1/s1. The highest BCUT2D eigenvalue weighted by Gasteiger charge is 2.51. The van der Waals surface area contributed by atoms with Gasteiger partial charge in [0.05, 0.1) is 7.11 Å². The van der Waals surface area contributed by atoms with E-state index in [1.54, 1.807) is 0 Å². The summed E-state index contributed by atoms with van der Waals surface area (Å²) in [5.74, 6) is -0.720. The van der Waals surface area contributed by atoms with Crippen LogP contribution >= 0.6 is 0 Å². The molecule has 1 N–H and O–H groups in total. The zero-order valence-electron chi connectivity index (χ0n) is 18.9. The van der Waals surface area contributed by atoms with Gasteiger partial charge < -0.3 is 10.1 Å². The molecule has 0 aliphatic heterocycles.